The van der Waals surface area contributed by atoms with Crippen LogP contribution in [0.25, 0.3) is 0 Å². The molecule has 2 saturated heterocycles. The number of rotatable bonds is 7. The molecular weight excluding hydrogens is 422 g/mol. The highest BCUT2D eigenvalue weighted by Gasteiger charge is 2.40. The van der Waals surface area contributed by atoms with Crippen LogP contribution in [0.15, 0.2) is 23.2 Å². The van der Waals surface area contributed by atoms with E-state index in [1.165, 1.54) is 12.1 Å². The largest absolute Gasteiger partial charge is 0.434 e. The van der Waals surface area contributed by atoms with Crippen molar-refractivity contribution < 1.29 is 18.3 Å². The number of ether oxygens (including phenoxy) is 2. The van der Waals surface area contributed by atoms with Crippen molar-refractivity contribution in [3.8, 4) is 5.75 Å². The van der Waals surface area contributed by atoms with Gasteiger partial charge in [-0.3, -0.25) is 9.89 Å². The topological polar surface area (TPSA) is 58.1 Å². The number of nitrogens with one attached hydrogen (secondary N) is 2. The molecule has 0 spiro atoms. The van der Waals surface area contributed by atoms with Gasteiger partial charge in [0.15, 0.2) is 5.96 Å². The Kier molecular flexibility index (Phi) is 8.23. The predicted octanol–water partition coefficient (Wildman–Crippen LogP) is 2.81. The Morgan fingerprint density at radius 1 is 1.38 bits per heavy atom. The molecule has 2 fully saturated rings. The van der Waals surface area contributed by atoms with Crippen molar-refractivity contribution in [1.82, 2.24) is 15.5 Å². The van der Waals surface area contributed by atoms with Gasteiger partial charge >= 0.3 is 6.61 Å². The van der Waals surface area contributed by atoms with Gasteiger partial charge in [-0.15, -0.1) is 0 Å². The second-order valence-electron chi connectivity index (χ2n) is 7.04. The van der Waals surface area contributed by atoms with E-state index in [9.17, 15) is 8.78 Å². The molecule has 2 N–H and O–H groups in total. The summed E-state index contributed by atoms with van der Waals surface area (Å²) in [5.74, 6) is 2.92. The molecule has 0 amide bonds. The Balaban J connectivity index is 1.60. The monoisotopic (exact) mass is 448 g/mol. The van der Waals surface area contributed by atoms with Gasteiger partial charge in [0, 0.05) is 55.1 Å². The van der Waals surface area contributed by atoms with Crippen LogP contribution in [0.5, 0.6) is 5.75 Å². The number of aliphatic imine (C=N–C) groups is 1. The van der Waals surface area contributed by atoms with E-state index in [0.29, 0.717) is 16.5 Å². The van der Waals surface area contributed by atoms with Crippen molar-refractivity contribution in [3.05, 3.63) is 28.8 Å². The van der Waals surface area contributed by atoms with E-state index in [0.717, 1.165) is 50.8 Å². The van der Waals surface area contributed by atoms with Gasteiger partial charge in [0.1, 0.15) is 5.75 Å². The molecule has 6 nitrogen and oxygen atoms in total. The first kappa shape index (κ1) is 22.4. The predicted molar refractivity (Wildman–Crippen MR) is 113 cm³/mol. The van der Waals surface area contributed by atoms with Crippen LogP contribution in [0.4, 0.5) is 8.78 Å². The average Bonchev–Trinajstić information content (AvgIpc) is 3.20. The maximum atomic E-state index is 12.7. The molecule has 3 rings (SSSR count). The average molecular weight is 449 g/mol. The van der Waals surface area contributed by atoms with Crippen molar-refractivity contribution in [2.45, 2.75) is 25.1 Å². The van der Waals surface area contributed by atoms with E-state index in [-0.39, 0.29) is 17.8 Å². The van der Waals surface area contributed by atoms with Crippen LogP contribution in [0.3, 0.4) is 0 Å². The van der Waals surface area contributed by atoms with Gasteiger partial charge in [-0.1, -0.05) is 11.6 Å². The van der Waals surface area contributed by atoms with E-state index >= 15 is 0 Å². The maximum Gasteiger partial charge on any atom is 0.387 e. The van der Waals surface area contributed by atoms with Crippen LogP contribution in [0.2, 0.25) is 5.02 Å². The molecule has 29 heavy (non-hydrogen) atoms. The summed E-state index contributed by atoms with van der Waals surface area (Å²) < 4.78 is 35.4. The fourth-order valence-electron chi connectivity index (χ4n) is 3.68. The molecule has 2 aliphatic rings. The third kappa shape index (κ3) is 6.10. The highest BCUT2D eigenvalue weighted by Crippen LogP contribution is 2.33. The molecular formula is C19H27ClF2N4O2S. The number of hydrogen-bond donors (Lipinski definition) is 2. The number of thioether (sulfide) groups is 1. The molecule has 2 aliphatic heterocycles. The molecule has 2 heterocycles. The smallest absolute Gasteiger partial charge is 0.387 e. The Morgan fingerprint density at radius 3 is 2.83 bits per heavy atom. The van der Waals surface area contributed by atoms with Gasteiger partial charge < -0.3 is 20.1 Å². The molecule has 1 aromatic rings. The van der Waals surface area contributed by atoms with Crippen molar-refractivity contribution in [3.63, 3.8) is 0 Å². The fourth-order valence-corrected chi connectivity index (χ4v) is 5.35. The molecule has 1 atom stereocenters. The van der Waals surface area contributed by atoms with E-state index in [2.05, 4.69) is 25.3 Å². The molecule has 0 bridgehead atoms. The van der Waals surface area contributed by atoms with Crippen LogP contribution in [0, 0.1) is 0 Å². The number of alkyl halides is 2. The number of morpholine rings is 1. The normalized spacial score (nSPS) is 23.4. The Hall–Kier alpha value is -1.29. The Morgan fingerprint density at radius 2 is 2.17 bits per heavy atom. The third-order valence-electron chi connectivity index (χ3n) is 5.26. The molecule has 1 unspecified atom stereocenters. The maximum absolute atomic E-state index is 12.7. The minimum atomic E-state index is -2.89. The van der Waals surface area contributed by atoms with Crippen LogP contribution in [-0.4, -0.2) is 74.4 Å². The van der Waals surface area contributed by atoms with Crippen molar-refractivity contribution in [1.29, 1.82) is 0 Å². The zero-order chi connectivity index (χ0) is 20.7. The SMILES string of the molecule is CN=C(NCc1cc(Cl)ccc1OC(F)F)NCC1(N2CCOCC2)CCSC1. The molecule has 162 valence electrons. The van der Waals surface area contributed by atoms with Gasteiger partial charge in [-0.2, -0.15) is 20.5 Å². The lowest BCUT2D eigenvalue weighted by atomic mass is 9.95. The van der Waals surface area contributed by atoms with Gasteiger partial charge in [0.05, 0.1) is 13.2 Å². The summed E-state index contributed by atoms with van der Waals surface area (Å²) in [5, 5.41) is 7.05. The highest BCUT2D eigenvalue weighted by molar-refractivity contribution is 7.99. The summed E-state index contributed by atoms with van der Waals surface area (Å²) in [5.41, 5.74) is 0.617. The summed E-state index contributed by atoms with van der Waals surface area (Å²) in [6.45, 7) is 1.54. The van der Waals surface area contributed by atoms with Crippen LogP contribution < -0.4 is 15.4 Å². The lowest BCUT2D eigenvalue weighted by molar-refractivity contribution is -0.0504. The second kappa shape index (κ2) is 10.7. The standard InChI is InChI=1S/C19H27ClF2N4O2S/c1-23-18(24-11-14-10-15(20)2-3-16(14)28-17(21)22)25-12-19(4-9-29-13-19)26-5-7-27-8-6-26/h2-3,10,17H,4-9,11-13H2,1H3,(H2,23,24,25). The number of halogens is 3. The first-order valence-corrected chi connectivity index (χ1v) is 11.1. The van der Waals surface area contributed by atoms with E-state index in [4.69, 9.17) is 16.3 Å². The summed E-state index contributed by atoms with van der Waals surface area (Å²) >= 11 is 7.99. The fraction of sp³-hybridized carbons (Fsp3) is 0.632. The zero-order valence-corrected chi connectivity index (χ0v) is 18.0. The van der Waals surface area contributed by atoms with E-state index in [1.54, 1.807) is 13.1 Å². The lowest BCUT2D eigenvalue weighted by Gasteiger charge is -2.43. The van der Waals surface area contributed by atoms with Gasteiger partial charge in [-0.05, 0) is 30.4 Å². The summed E-state index contributed by atoms with van der Waals surface area (Å²) in [4.78, 5) is 6.79. The Bertz CT molecular complexity index is 699. The first-order valence-electron chi connectivity index (χ1n) is 9.61. The molecule has 0 aliphatic carbocycles. The molecule has 10 heteroatoms. The summed E-state index contributed by atoms with van der Waals surface area (Å²) in [7, 11) is 1.69. The highest BCUT2D eigenvalue weighted by atomic mass is 35.5. The molecule has 0 aromatic heterocycles. The second-order valence-corrected chi connectivity index (χ2v) is 8.58. The van der Waals surface area contributed by atoms with Crippen molar-refractivity contribution in [2.75, 3.05) is 51.4 Å². The van der Waals surface area contributed by atoms with E-state index < -0.39 is 6.61 Å². The van der Waals surface area contributed by atoms with Gasteiger partial charge in [-0.25, -0.2) is 0 Å². The van der Waals surface area contributed by atoms with Crippen LogP contribution in [-0.2, 0) is 11.3 Å². The summed E-state index contributed by atoms with van der Waals surface area (Å²) in [6, 6.07) is 4.59. The Labute approximate surface area is 179 Å². The molecule has 0 saturated carbocycles. The van der Waals surface area contributed by atoms with Crippen LogP contribution in [0.1, 0.15) is 12.0 Å². The van der Waals surface area contributed by atoms with E-state index in [1.807, 2.05) is 11.8 Å². The zero-order valence-electron chi connectivity index (χ0n) is 16.4. The summed E-state index contributed by atoms with van der Waals surface area (Å²) in [6.07, 6.45) is 1.11. The van der Waals surface area contributed by atoms with Crippen molar-refractivity contribution in [2.24, 2.45) is 4.99 Å². The minimum absolute atomic E-state index is 0.0755. The van der Waals surface area contributed by atoms with Gasteiger partial charge in [0.25, 0.3) is 0 Å². The van der Waals surface area contributed by atoms with Gasteiger partial charge in [0.2, 0.25) is 0 Å². The molecule has 1 aromatic carbocycles. The minimum Gasteiger partial charge on any atom is -0.434 e. The van der Waals surface area contributed by atoms with Crippen LogP contribution >= 0.6 is 23.4 Å². The number of guanidine groups is 1. The number of nitrogens with zero attached hydrogens (tertiary/aromatic N) is 2. The third-order valence-corrected chi connectivity index (χ3v) is 6.73. The number of benzene rings is 1. The molecule has 0 radical (unpaired) electrons. The quantitative estimate of drug-likeness (QED) is 0.494. The van der Waals surface area contributed by atoms with Crippen molar-refractivity contribution >= 4 is 29.3 Å². The number of hydrogen-bond acceptors (Lipinski definition) is 5. The lowest BCUT2D eigenvalue weighted by Crippen LogP contribution is -2.60. The first-order chi connectivity index (χ1) is 14.0.